The maximum atomic E-state index is 12.4. The predicted octanol–water partition coefficient (Wildman–Crippen LogP) is 1.96. The van der Waals surface area contributed by atoms with Gasteiger partial charge < -0.3 is 19.3 Å². The summed E-state index contributed by atoms with van der Waals surface area (Å²) >= 11 is 0. The molecular formula is C19H28N2O4. The molecule has 1 heterocycles. The fourth-order valence-electron chi connectivity index (χ4n) is 3.25. The number of carbonyl (C=O) groups is 2. The van der Waals surface area contributed by atoms with E-state index >= 15 is 0 Å². The molecule has 0 unspecified atom stereocenters. The molecule has 0 aromatic heterocycles. The number of likely N-dealkylation sites (tertiary alicyclic amines) is 1. The molecule has 2 amide bonds. The van der Waals surface area contributed by atoms with Gasteiger partial charge in [0, 0.05) is 32.6 Å². The molecule has 2 rings (SSSR count). The second-order valence-electron chi connectivity index (χ2n) is 6.19. The molecule has 0 spiro atoms. The van der Waals surface area contributed by atoms with Crippen molar-refractivity contribution in [1.29, 1.82) is 0 Å². The molecule has 6 nitrogen and oxygen atoms in total. The summed E-state index contributed by atoms with van der Waals surface area (Å²) in [6, 6.07) is 5.77. The van der Waals surface area contributed by atoms with Gasteiger partial charge in [-0.05, 0) is 38.0 Å². The molecule has 25 heavy (non-hydrogen) atoms. The minimum atomic E-state index is -0.210. The second kappa shape index (κ2) is 8.74. The highest BCUT2D eigenvalue weighted by Gasteiger charge is 2.35. The van der Waals surface area contributed by atoms with Crippen LogP contribution < -0.4 is 9.47 Å². The van der Waals surface area contributed by atoms with Crippen LogP contribution in [0.25, 0.3) is 0 Å². The van der Waals surface area contributed by atoms with Crippen molar-refractivity contribution in [3.63, 3.8) is 0 Å². The number of hydrogen-bond donors (Lipinski definition) is 0. The molecule has 138 valence electrons. The normalized spacial score (nSPS) is 16.9. The van der Waals surface area contributed by atoms with E-state index in [1.807, 2.05) is 32.0 Å². The van der Waals surface area contributed by atoms with Gasteiger partial charge in [-0.25, -0.2) is 0 Å². The summed E-state index contributed by atoms with van der Waals surface area (Å²) in [5.41, 5.74) is 1.07. The van der Waals surface area contributed by atoms with Crippen molar-refractivity contribution in [3.8, 4) is 11.5 Å². The molecular weight excluding hydrogens is 320 g/mol. The number of amides is 2. The van der Waals surface area contributed by atoms with Gasteiger partial charge in [-0.1, -0.05) is 6.07 Å². The van der Waals surface area contributed by atoms with Crippen molar-refractivity contribution in [2.45, 2.75) is 26.7 Å². The lowest BCUT2D eigenvalue weighted by Gasteiger charge is -2.22. The maximum Gasteiger partial charge on any atom is 0.227 e. The van der Waals surface area contributed by atoms with Crippen LogP contribution in [0.4, 0.5) is 0 Å². The van der Waals surface area contributed by atoms with Crippen LogP contribution in [0.1, 0.15) is 25.8 Å². The largest absolute Gasteiger partial charge is 0.493 e. The van der Waals surface area contributed by atoms with E-state index in [1.54, 1.807) is 24.0 Å². The zero-order valence-corrected chi connectivity index (χ0v) is 15.6. The molecule has 0 bridgehead atoms. The number of rotatable bonds is 8. The second-order valence-corrected chi connectivity index (χ2v) is 6.19. The number of nitrogens with zero attached hydrogens (tertiary/aromatic N) is 2. The lowest BCUT2D eigenvalue weighted by molar-refractivity contribution is -0.135. The summed E-state index contributed by atoms with van der Waals surface area (Å²) < 4.78 is 10.6. The van der Waals surface area contributed by atoms with Gasteiger partial charge in [-0.3, -0.25) is 9.59 Å². The third-order valence-electron chi connectivity index (χ3n) is 4.76. The number of hydrogen-bond acceptors (Lipinski definition) is 4. The van der Waals surface area contributed by atoms with E-state index in [2.05, 4.69) is 0 Å². The van der Waals surface area contributed by atoms with Crippen LogP contribution in [0, 0.1) is 5.92 Å². The Kier molecular flexibility index (Phi) is 6.67. The molecule has 1 aromatic rings. The van der Waals surface area contributed by atoms with Gasteiger partial charge in [0.15, 0.2) is 11.5 Å². The molecule has 1 saturated heterocycles. The third kappa shape index (κ3) is 4.44. The zero-order valence-electron chi connectivity index (χ0n) is 15.6. The van der Waals surface area contributed by atoms with Crippen molar-refractivity contribution in [2.24, 2.45) is 5.92 Å². The molecule has 1 fully saturated rings. The topological polar surface area (TPSA) is 59.1 Å². The van der Waals surface area contributed by atoms with E-state index in [4.69, 9.17) is 9.47 Å². The molecule has 6 heteroatoms. The van der Waals surface area contributed by atoms with Gasteiger partial charge in [0.1, 0.15) is 0 Å². The molecule has 0 radical (unpaired) electrons. The van der Waals surface area contributed by atoms with E-state index in [1.165, 1.54) is 0 Å². The average Bonchev–Trinajstić information content (AvgIpc) is 3.01. The van der Waals surface area contributed by atoms with Gasteiger partial charge in [-0.15, -0.1) is 0 Å². The standard InChI is InChI=1S/C19H28N2O4/c1-5-20(6-2)19(23)15-12-18(22)21(13-15)10-9-14-7-8-16(24-3)17(11-14)25-4/h7-8,11,15H,5-6,9-10,12-13H2,1-4H3/t15-/m0/s1. The van der Waals surface area contributed by atoms with Crippen LogP contribution in [0.3, 0.4) is 0 Å². The summed E-state index contributed by atoms with van der Waals surface area (Å²) in [7, 11) is 3.21. The lowest BCUT2D eigenvalue weighted by atomic mass is 10.1. The minimum absolute atomic E-state index is 0.0611. The Bertz CT molecular complexity index is 613. The van der Waals surface area contributed by atoms with Crippen molar-refractivity contribution in [3.05, 3.63) is 23.8 Å². The number of methoxy groups -OCH3 is 2. The molecule has 1 aromatic carbocycles. The van der Waals surface area contributed by atoms with E-state index in [0.29, 0.717) is 44.1 Å². The Balaban J connectivity index is 1.95. The minimum Gasteiger partial charge on any atom is -0.493 e. The molecule has 1 aliphatic heterocycles. The fraction of sp³-hybridized carbons (Fsp3) is 0.579. The Morgan fingerprint density at radius 2 is 1.88 bits per heavy atom. The summed E-state index contributed by atoms with van der Waals surface area (Å²) in [5.74, 6) is 1.31. The van der Waals surface area contributed by atoms with Gasteiger partial charge in [0.25, 0.3) is 0 Å². The molecule has 0 saturated carbocycles. The van der Waals surface area contributed by atoms with Crippen molar-refractivity contribution in [1.82, 2.24) is 9.80 Å². The van der Waals surface area contributed by atoms with Gasteiger partial charge in [0.05, 0.1) is 20.1 Å². The summed E-state index contributed by atoms with van der Waals surface area (Å²) in [6.45, 7) is 6.43. The number of ether oxygens (including phenoxy) is 2. The van der Waals surface area contributed by atoms with Gasteiger partial charge in [-0.2, -0.15) is 0 Å². The Labute approximate surface area is 149 Å². The predicted molar refractivity (Wildman–Crippen MR) is 95.9 cm³/mol. The Hall–Kier alpha value is -2.24. The highest BCUT2D eigenvalue weighted by atomic mass is 16.5. The van der Waals surface area contributed by atoms with Crippen molar-refractivity contribution < 1.29 is 19.1 Å². The van der Waals surface area contributed by atoms with Crippen LogP contribution in [-0.2, 0) is 16.0 Å². The summed E-state index contributed by atoms with van der Waals surface area (Å²) in [5, 5.41) is 0. The smallest absolute Gasteiger partial charge is 0.227 e. The highest BCUT2D eigenvalue weighted by molar-refractivity contribution is 5.89. The Morgan fingerprint density at radius 3 is 2.48 bits per heavy atom. The number of carbonyl (C=O) groups excluding carboxylic acids is 2. The SMILES string of the molecule is CCN(CC)C(=O)[C@H]1CC(=O)N(CCc2ccc(OC)c(OC)c2)C1. The van der Waals surface area contributed by atoms with E-state index < -0.39 is 0 Å². The summed E-state index contributed by atoms with van der Waals surface area (Å²) in [6.07, 6.45) is 1.04. The van der Waals surface area contributed by atoms with Crippen molar-refractivity contribution in [2.75, 3.05) is 40.4 Å². The van der Waals surface area contributed by atoms with Crippen LogP contribution in [0.15, 0.2) is 18.2 Å². The quantitative estimate of drug-likeness (QED) is 0.721. The molecule has 0 N–H and O–H groups in total. The summed E-state index contributed by atoms with van der Waals surface area (Å²) in [4.78, 5) is 28.3. The van der Waals surface area contributed by atoms with E-state index in [0.717, 1.165) is 12.0 Å². The zero-order chi connectivity index (χ0) is 18.4. The van der Waals surface area contributed by atoms with Crippen LogP contribution in [0.2, 0.25) is 0 Å². The van der Waals surface area contributed by atoms with Gasteiger partial charge >= 0.3 is 0 Å². The third-order valence-corrected chi connectivity index (χ3v) is 4.76. The first-order valence-corrected chi connectivity index (χ1v) is 8.81. The first kappa shape index (κ1) is 19.1. The van der Waals surface area contributed by atoms with E-state index in [9.17, 15) is 9.59 Å². The van der Waals surface area contributed by atoms with Crippen LogP contribution in [-0.4, -0.2) is 62.0 Å². The molecule has 1 aliphatic rings. The Morgan fingerprint density at radius 1 is 1.20 bits per heavy atom. The number of benzene rings is 1. The van der Waals surface area contributed by atoms with Crippen LogP contribution in [0.5, 0.6) is 11.5 Å². The van der Waals surface area contributed by atoms with Crippen molar-refractivity contribution >= 4 is 11.8 Å². The lowest BCUT2D eigenvalue weighted by Crippen LogP contribution is -2.37. The fourth-order valence-corrected chi connectivity index (χ4v) is 3.25. The maximum absolute atomic E-state index is 12.4. The van der Waals surface area contributed by atoms with E-state index in [-0.39, 0.29) is 17.7 Å². The molecule has 0 aliphatic carbocycles. The highest BCUT2D eigenvalue weighted by Crippen LogP contribution is 2.28. The molecule has 1 atom stereocenters. The first-order valence-electron chi connectivity index (χ1n) is 8.81. The van der Waals surface area contributed by atoms with Gasteiger partial charge in [0.2, 0.25) is 11.8 Å². The first-order chi connectivity index (χ1) is 12.0. The average molecular weight is 348 g/mol. The van der Waals surface area contributed by atoms with Crippen LogP contribution >= 0.6 is 0 Å². The monoisotopic (exact) mass is 348 g/mol.